The zero-order valence-electron chi connectivity index (χ0n) is 8.71. The molecule has 1 unspecified atom stereocenters. The molecule has 0 amide bonds. The summed E-state index contributed by atoms with van der Waals surface area (Å²) in [5.74, 6) is 0. The van der Waals surface area contributed by atoms with Crippen molar-refractivity contribution in [3.8, 4) is 0 Å². The lowest BCUT2D eigenvalue weighted by atomic mass is 10.2. The first-order valence-corrected chi connectivity index (χ1v) is 5.44. The Morgan fingerprint density at radius 1 is 1.36 bits per heavy atom. The Bertz CT molecular complexity index is 127. The van der Waals surface area contributed by atoms with Crippen LogP contribution >= 0.6 is 0 Å². The van der Waals surface area contributed by atoms with E-state index in [1.54, 1.807) is 0 Å². The third-order valence-corrected chi connectivity index (χ3v) is 2.25. The average molecular weight is 203 g/mol. The highest BCUT2D eigenvalue weighted by molar-refractivity contribution is 4.65. The number of unbranched alkanes of at least 4 members (excludes halogenated alkanes) is 2. The van der Waals surface area contributed by atoms with E-state index in [1.165, 1.54) is 0 Å². The number of aliphatic hydroxyl groups excluding tert-OH is 1. The molecule has 0 aromatic carbocycles. The van der Waals surface area contributed by atoms with Gasteiger partial charge in [-0.25, -0.2) is 0 Å². The molecule has 1 aliphatic heterocycles. The molecule has 1 aliphatic rings. The molecule has 1 saturated heterocycles. The normalized spacial score (nSPS) is 22.5. The van der Waals surface area contributed by atoms with Crippen molar-refractivity contribution in [2.24, 2.45) is 0 Å². The van der Waals surface area contributed by atoms with Gasteiger partial charge in [0.05, 0.1) is 19.3 Å². The highest BCUT2D eigenvalue weighted by atomic mass is 16.5. The van der Waals surface area contributed by atoms with E-state index in [1.807, 2.05) is 0 Å². The third kappa shape index (κ3) is 5.54. The van der Waals surface area contributed by atoms with E-state index < -0.39 is 0 Å². The number of hydrogen-bond donors (Lipinski definition) is 2. The van der Waals surface area contributed by atoms with Crippen molar-refractivity contribution >= 4 is 0 Å². The van der Waals surface area contributed by atoms with Crippen LogP contribution in [0, 0.1) is 0 Å². The first-order chi connectivity index (χ1) is 6.93. The predicted molar refractivity (Wildman–Crippen MR) is 54.4 cm³/mol. The first-order valence-electron chi connectivity index (χ1n) is 5.44. The lowest BCUT2D eigenvalue weighted by Crippen LogP contribution is -2.41. The Balaban J connectivity index is 1.82. The highest BCUT2D eigenvalue weighted by Gasteiger charge is 2.12. The summed E-state index contributed by atoms with van der Waals surface area (Å²) >= 11 is 0. The number of hydrogen-bond acceptors (Lipinski definition) is 4. The van der Waals surface area contributed by atoms with Gasteiger partial charge in [0, 0.05) is 26.3 Å². The van der Waals surface area contributed by atoms with Crippen LogP contribution in [0.2, 0.25) is 0 Å². The van der Waals surface area contributed by atoms with Crippen LogP contribution in [0.15, 0.2) is 0 Å². The lowest BCUT2D eigenvalue weighted by Gasteiger charge is -2.23. The van der Waals surface area contributed by atoms with E-state index in [4.69, 9.17) is 14.6 Å². The quantitative estimate of drug-likeness (QED) is 0.578. The Hall–Kier alpha value is -0.160. The Labute approximate surface area is 85.6 Å². The molecule has 1 heterocycles. The SMILES string of the molecule is OCCCCCOCC1CNCCO1. The van der Waals surface area contributed by atoms with E-state index in [9.17, 15) is 0 Å². The minimum Gasteiger partial charge on any atom is -0.396 e. The summed E-state index contributed by atoms with van der Waals surface area (Å²) < 4.78 is 11.0. The molecule has 0 aromatic rings. The van der Waals surface area contributed by atoms with Crippen LogP contribution in [0.3, 0.4) is 0 Å². The van der Waals surface area contributed by atoms with Gasteiger partial charge in [0.2, 0.25) is 0 Å². The second kappa shape index (κ2) is 8.17. The predicted octanol–water partition coefficient (Wildman–Crippen LogP) is 0.154. The monoisotopic (exact) mass is 203 g/mol. The molecule has 0 aromatic heterocycles. The molecule has 0 bridgehead atoms. The van der Waals surface area contributed by atoms with E-state index in [2.05, 4.69) is 5.32 Å². The zero-order chi connectivity index (χ0) is 10.1. The van der Waals surface area contributed by atoms with Crippen LogP contribution in [0.25, 0.3) is 0 Å². The van der Waals surface area contributed by atoms with Gasteiger partial charge in [-0.2, -0.15) is 0 Å². The summed E-state index contributed by atoms with van der Waals surface area (Å²) in [6, 6.07) is 0. The van der Waals surface area contributed by atoms with E-state index in [0.29, 0.717) is 6.61 Å². The van der Waals surface area contributed by atoms with Crippen molar-refractivity contribution in [1.82, 2.24) is 5.32 Å². The second-order valence-corrected chi connectivity index (χ2v) is 3.56. The summed E-state index contributed by atoms with van der Waals surface area (Å²) in [4.78, 5) is 0. The van der Waals surface area contributed by atoms with Crippen molar-refractivity contribution in [3.63, 3.8) is 0 Å². The van der Waals surface area contributed by atoms with Gasteiger partial charge in [-0.15, -0.1) is 0 Å². The first kappa shape index (κ1) is 11.9. The molecular weight excluding hydrogens is 182 g/mol. The Morgan fingerprint density at radius 2 is 2.29 bits per heavy atom. The van der Waals surface area contributed by atoms with Crippen molar-refractivity contribution in [2.45, 2.75) is 25.4 Å². The van der Waals surface area contributed by atoms with Gasteiger partial charge in [-0.05, 0) is 19.3 Å². The summed E-state index contributed by atoms with van der Waals surface area (Å²) in [5, 5.41) is 11.8. The molecule has 1 atom stereocenters. The van der Waals surface area contributed by atoms with Crippen molar-refractivity contribution < 1.29 is 14.6 Å². The summed E-state index contributed by atoms with van der Waals surface area (Å²) in [5.41, 5.74) is 0. The number of aliphatic hydroxyl groups is 1. The molecule has 4 nitrogen and oxygen atoms in total. The number of rotatable bonds is 7. The van der Waals surface area contributed by atoms with Crippen LogP contribution in [-0.4, -0.2) is 50.7 Å². The lowest BCUT2D eigenvalue weighted by molar-refractivity contribution is -0.0319. The van der Waals surface area contributed by atoms with Crippen LogP contribution < -0.4 is 5.32 Å². The molecular formula is C10H21NO3. The summed E-state index contributed by atoms with van der Waals surface area (Å²) in [6.45, 7) is 4.39. The Morgan fingerprint density at radius 3 is 3.00 bits per heavy atom. The Kier molecular flexibility index (Phi) is 6.95. The van der Waals surface area contributed by atoms with Gasteiger partial charge >= 0.3 is 0 Å². The van der Waals surface area contributed by atoms with Crippen LogP contribution in [0.4, 0.5) is 0 Å². The van der Waals surface area contributed by atoms with Crippen LogP contribution in [0.1, 0.15) is 19.3 Å². The molecule has 1 fully saturated rings. The molecule has 1 rings (SSSR count). The number of ether oxygens (including phenoxy) is 2. The highest BCUT2D eigenvalue weighted by Crippen LogP contribution is 1.99. The summed E-state index contributed by atoms with van der Waals surface area (Å²) in [6.07, 6.45) is 3.17. The largest absolute Gasteiger partial charge is 0.396 e. The second-order valence-electron chi connectivity index (χ2n) is 3.56. The number of nitrogens with one attached hydrogen (secondary N) is 1. The molecule has 14 heavy (non-hydrogen) atoms. The van der Waals surface area contributed by atoms with Gasteiger partial charge in [-0.3, -0.25) is 0 Å². The molecule has 0 aliphatic carbocycles. The zero-order valence-corrected chi connectivity index (χ0v) is 8.71. The van der Waals surface area contributed by atoms with Crippen molar-refractivity contribution in [2.75, 3.05) is 39.5 Å². The van der Waals surface area contributed by atoms with Crippen molar-refractivity contribution in [1.29, 1.82) is 0 Å². The molecule has 2 N–H and O–H groups in total. The van der Waals surface area contributed by atoms with Gasteiger partial charge in [-0.1, -0.05) is 0 Å². The van der Waals surface area contributed by atoms with Crippen LogP contribution in [0.5, 0.6) is 0 Å². The van der Waals surface area contributed by atoms with Gasteiger partial charge < -0.3 is 19.9 Å². The average Bonchev–Trinajstić information content (AvgIpc) is 2.25. The topological polar surface area (TPSA) is 50.7 Å². The third-order valence-electron chi connectivity index (χ3n) is 2.25. The summed E-state index contributed by atoms with van der Waals surface area (Å²) in [7, 11) is 0. The smallest absolute Gasteiger partial charge is 0.0933 e. The standard InChI is InChI=1S/C10H21NO3/c12-5-2-1-3-6-13-9-10-8-11-4-7-14-10/h10-12H,1-9H2. The molecule has 84 valence electrons. The van der Waals surface area contributed by atoms with Gasteiger partial charge in [0.15, 0.2) is 0 Å². The molecule has 0 saturated carbocycles. The maximum absolute atomic E-state index is 8.56. The van der Waals surface area contributed by atoms with E-state index in [0.717, 1.165) is 45.6 Å². The fraction of sp³-hybridized carbons (Fsp3) is 1.00. The minimum atomic E-state index is 0.224. The maximum atomic E-state index is 8.56. The molecule has 4 heteroatoms. The van der Waals surface area contributed by atoms with Crippen LogP contribution in [-0.2, 0) is 9.47 Å². The van der Waals surface area contributed by atoms with E-state index >= 15 is 0 Å². The molecule has 0 spiro atoms. The fourth-order valence-electron chi connectivity index (χ4n) is 1.43. The van der Waals surface area contributed by atoms with E-state index in [-0.39, 0.29) is 12.7 Å². The van der Waals surface area contributed by atoms with Gasteiger partial charge in [0.25, 0.3) is 0 Å². The minimum absolute atomic E-state index is 0.224. The number of morpholine rings is 1. The molecule has 0 radical (unpaired) electrons. The fourth-order valence-corrected chi connectivity index (χ4v) is 1.43. The maximum Gasteiger partial charge on any atom is 0.0933 e. The van der Waals surface area contributed by atoms with Crippen molar-refractivity contribution in [3.05, 3.63) is 0 Å². The van der Waals surface area contributed by atoms with Gasteiger partial charge in [0.1, 0.15) is 0 Å².